The topological polar surface area (TPSA) is 128 Å². The van der Waals surface area contributed by atoms with E-state index in [4.69, 9.17) is 20.4 Å². The number of carbonyl (C=O) groups excluding carboxylic acids is 1. The number of hydrogen-bond acceptors (Lipinski definition) is 9. The van der Waals surface area contributed by atoms with Crippen molar-refractivity contribution in [3.05, 3.63) is 60.2 Å². The quantitative estimate of drug-likeness (QED) is 0.222. The van der Waals surface area contributed by atoms with Crippen LogP contribution in [0.3, 0.4) is 0 Å². The Morgan fingerprint density at radius 1 is 0.979 bits per heavy atom. The molecule has 3 aliphatic heterocycles. The van der Waals surface area contributed by atoms with Gasteiger partial charge in [-0.15, -0.1) is 0 Å². The molecule has 1 saturated carbocycles. The lowest BCUT2D eigenvalue weighted by Crippen LogP contribution is -2.56. The molecule has 4 fully saturated rings. The Labute approximate surface area is 273 Å². The summed E-state index contributed by atoms with van der Waals surface area (Å²) in [5, 5.41) is 7.46. The van der Waals surface area contributed by atoms with Gasteiger partial charge in [-0.25, -0.2) is 14.4 Å². The minimum Gasteiger partial charge on any atom is -0.380 e. The highest BCUT2D eigenvalue weighted by Crippen LogP contribution is 2.48. The Balaban J connectivity index is 1.04. The minimum atomic E-state index is -0.747. The Bertz CT molecular complexity index is 1770. The number of nitrogens with two attached hydrogens (primary N) is 1. The second kappa shape index (κ2) is 12.1. The van der Waals surface area contributed by atoms with Crippen molar-refractivity contribution in [3.63, 3.8) is 0 Å². The summed E-state index contributed by atoms with van der Waals surface area (Å²) < 4.78 is 21.0. The Kier molecular flexibility index (Phi) is 7.73. The van der Waals surface area contributed by atoms with Crippen molar-refractivity contribution < 1.29 is 13.9 Å². The predicted molar refractivity (Wildman–Crippen MR) is 182 cm³/mol. The monoisotopic (exact) mass is 639 g/mol. The lowest BCUT2D eigenvalue weighted by atomic mass is 9.64. The van der Waals surface area contributed by atoms with E-state index in [9.17, 15) is 4.79 Å². The second-order valence-corrected chi connectivity index (χ2v) is 13.8. The van der Waals surface area contributed by atoms with Crippen molar-refractivity contribution in [3.8, 4) is 11.3 Å². The fourth-order valence-electron chi connectivity index (χ4n) is 7.79. The third-order valence-corrected chi connectivity index (χ3v) is 10.6. The number of fused-ring (bicyclic) bond motifs is 1. The number of primary amides is 1. The van der Waals surface area contributed by atoms with Crippen LogP contribution in [0.1, 0.15) is 36.2 Å². The molecule has 1 spiro atoms. The number of ether oxygens (including phenoxy) is 1. The maximum atomic E-state index is 15.5. The molecule has 5 N–H and O–H groups in total. The van der Waals surface area contributed by atoms with Crippen LogP contribution in [-0.2, 0) is 4.74 Å². The molecule has 8 rings (SSSR count). The number of aromatic amines is 1. The first kappa shape index (κ1) is 30.1. The number of piperazine rings is 1. The molecule has 0 radical (unpaired) electrons. The summed E-state index contributed by atoms with van der Waals surface area (Å²) in [4.78, 5) is 33.0. The first-order chi connectivity index (χ1) is 22.8. The van der Waals surface area contributed by atoms with Gasteiger partial charge in [-0.1, -0.05) is 0 Å². The number of benzene rings is 2. The molecule has 1 amide bonds. The van der Waals surface area contributed by atoms with Gasteiger partial charge < -0.3 is 35.9 Å². The van der Waals surface area contributed by atoms with Crippen LogP contribution < -0.4 is 21.3 Å². The van der Waals surface area contributed by atoms with Gasteiger partial charge in [0, 0.05) is 90.8 Å². The number of likely N-dealkylation sites (N-methyl/N-ethyl adjacent to an activating group) is 1. The van der Waals surface area contributed by atoms with Gasteiger partial charge in [-0.05, 0) is 75.2 Å². The van der Waals surface area contributed by atoms with E-state index in [1.54, 1.807) is 18.3 Å². The standard InChI is InChI=1S/C35H42FN9O2/c1-43-14-16-45(17-15-43)25-9-12-44(13-10-25)24-4-2-22(3-5-24)39-34-31(32(37)46)41-30(29-26-8-11-38-28(26)7-6-27(29)36)33(42-34)40-23-18-35(19-23)20-47-21-35/h2-8,11,23,25,38H,9-10,12-21H2,1H3,(H2,37,46)(H2,39,40,42). The largest absolute Gasteiger partial charge is 0.380 e. The van der Waals surface area contributed by atoms with Gasteiger partial charge in [0.25, 0.3) is 5.91 Å². The van der Waals surface area contributed by atoms with E-state index in [2.05, 4.69) is 49.5 Å². The zero-order valence-corrected chi connectivity index (χ0v) is 26.8. The molecular formula is C35H42FN9O2. The van der Waals surface area contributed by atoms with Gasteiger partial charge >= 0.3 is 0 Å². The number of carbonyl (C=O) groups is 1. The van der Waals surface area contributed by atoms with Gasteiger partial charge in [0.15, 0.2) is 17.3 Å². The summed E-state index contributed by atoms with van der Waals surface area (Å²) >= 11 is 0. The highest BCUT2D eigenvalue weighted by atomic mass is 19.1. The summed E-state index contributed by atoms with van der Waals surface area (Å²) in [7, 11) is 2.20. The van der Waals surface area contributed by atoms with Crippen LogP contribution in [0.25, 0.3) is 22.2 Å². The number of rotatable bonds is 8. The Morgan fingerprint density at radius 2 is 1.72 bits per heavy atom. The molecule has 0 bridgehead atoms. The van der Waals surface area contributed by atoms with Gasteiger partial charge in [0.05, 0.1) is 13.2 Å². The Hall–Kier alpha value is -4.26. The van der Waals surface area contributed by atoms with Crippen molar-refractivity contribution in [2.24, 2.45) is 11.1 Å². The van der Waals surface area contributed by atoms with Crippen LogP contribution in [-0.4, -0.2) is 102 Å². The summed E-state index contributed by atoms with van der Waals surface area (Å²) in [5.41, 5.74) is 9.24. The van der Waals surface area contributed by atoms with Crippen molar-refractivity contribution in [2.45, 2.75) is 37.8 Å². The van der Waals surface area contributed by atoms with Crippen molar-refractivity contribution in [2.75, 3.05) is 75.1 Å². The third-order valence-electron chi connectivity index (χ3n) is 10.6. The van der Waals surface area contributed by atoms with Gasteiger partial charge in [-0.3, -0.25) is 9.69 Å². The number of hydrogen-bond donors (Lipinski definition) is 4. The van der Waals surface area contributed by atoms with E-state index in [0.717, 1.165) is 89.4 Å². The lowest BCUT2D eigenvalue weighted by Gasteiger charge is -2.53. The predicted octanol–water partition coefficient (Wildman–Crippen LogP) is 4.41. The molecule has 4 aliphatic rings. The van der Waals surface area contributed by atoms with E-state index in [-0.39, 0.29) is 34.2 Å². The first-order valence-corrected chi connectivity index (χ1v) is 16.7. The van der Waals surface area contributed by atoms with Gasteiger partial charge in [-0.2, -0.15) is 0 Å². The number of H-pyrrole nitrogens is 1. The number of nitrogens with one attached hydrogen (secondary N) is 3. The summed E-state index contributed by atoms with van der Waals surface area (Å²) in [6, 6.07) is 13.8. The molecule has 1 aliphatic carbocycles. The smallest absolute Gasteiger partial charge is 0.271 e. The van der Waals surface area contributed by atoms with E-state index in [1.165, 1.54) is 11.8 Å². The molecule has 0 atom stereocenters. The molecule has 2 aromatic carbocycles. The number of aromatic nitrogens is 3. The van der Waals surface area contributed by atoms with Crippen LogP contribution in [0.2, 0.25) is 0 Å². The fraction of sp³-hybridized carbons (Fsp3) is 0.457. The first-order valence-electron chi connectivity index (χ1n) is 16.7. The molecule has 47 heavy (non-hydrogen) atoms. The lowest BCUT2D eigenvalue weighted by molar-refractivity contribution is -0.159. The van der Waals surface area contributed by atoms with E-state index in [0.29, 0.717) is 17.2 Å². The molecule has 5 heterocycles. The molecule has 11 nitrogen and oxygen atoms in total. The van der Waals surface area contributed by atoms with Crippen molar-refractivity contribution >= 4 is 39.8 Å². The molecule has 2 aromatic heterocycles. The number of nitrogens with zero attached hydrogens (tertiary/aromatic N) is 5. The highest BCUT2D eigenvalue weighted by molar-refractivity contribution is 6.01. The molecule has 0 unspecified atom stereocenters. The third kappa shape index (κ3) is 5.79. The van der Waals surface area contributed by atoms with E-state index < -0.39 is 11.7 Å². The number of amides is 1. The van der Waals surface area contributed by atoms with Gasteiger partial charge in [0.2, 0.25) is 0 Å². The Morgan fingerprint density at radius 3 is 2.40 bits per heavy atom. The van der Waals surface area contributed by atoms with Crippen LogP contribution in [0.15, 0.2) is 48.7 Å². The second-order valence-electron chi connectivity index (χ2n) is 13.8. The van der Waals surface area contributed by atoms with Crippen LogP contribution in [0.5, 0.6) is 0 Å². The summed E-state index contributed by atoms with van der Waals surface area (Å²) in [6.45, 7) is 8.18. The fourth-order valence-corrected chi connectivity index (χ4v) is 7.79. The normalized spacial score (nSPS) is 20.7. The number of anilines is 4. The maximum Gasteiger partial charge on any atom is 0.271 e. The average Bonchev–Trinajstić information content (AvgIpc) is 3.52. The average molecular weight is 640 g/mol. The van der Waals surface area contributed by atoms with Crippen LogP contribution in [0, 0.1) is 11.2 Å². The highest BCUT2D eigenvalue weighted by Gasteiger charge is 2.50. The van der Waals surface area contributed by atoms with Gasteiger partial charge in [0.1, 0.15) is 11.5 Å². The number of halogens is 1. The molecule has 3 saturated heterocycles. The summed E-state index contributed by atoms with van der Waals surface area (Å²) in [6.07, 6.45) is 5.94. The zero-order chi connectivity index (χ0) is 32.1. The molecule has 12 heteroatoms. The summed E-state index contributed by atoms with van der Waals surface area (Å²) in [5.74, 6) is -0.563. The number of piperidine rings is 1. The molecule has 246 valence electrons. The van der Waals surface area contributed by atoms with Crippen molar-refractivity contribution in [1.82, 2.24) is 24.8 Å². The minimum absolute atomic E-state index is 0.0509. The van der Waals surface area contributed by atoms with E-state index in [1.807, 2.05) is 12.1 Å². The van der Waals surface area contributed by atoms with Crippen molar-refractivity contribution in [1.29, 1.82) is 0 Å². The van der Waals surface area contributed by atoms with Crippen LogP contribution >= 0.6 is 0 Å². The van der Waals surface area contributed by atoms with Crippen LogP contribution in [0.4, 0.5) is 27.4 Å². The SMILES string of the molecule is CN1CCN(C2CCN(c3ccc(Nc4nc(NC5CC6(COC6)C5)c(-c5c(F)ccc6[nH]ccc56)nc4C(N)=O)cc3)CC2)CC1. The van der Waals surface area contributed by atoms with E-state index >= 15 is 4.39 Å². The molecular weight excluding hydrogens is 597 g/mol. The molecule has 4 aromatic rings. The zero-order valence-electron chi connectivity index (χ0n) is 26.8. The maximum absolute atomic E-state index is 15.5.